The first-order valence-corrected chi connectivity index (χ1v) is 8.01. The Kier molecular flexibility index (Phi) is 6.19. The average molecular weight is 398 g/mol. The Labute approximate surface area is 138 Å². The molecule has 0 unspecified atom stereocenters. The molecule has 1 aromatic heterocycles. The Bertz CT molecular complexity index is 592. The molecule has 0 atom stereocenters. The van der Waals surface area contributed by atoms with Gasteiger partial charge in [-0.25, -0.2) is 9.97 Å². The molecule has 0 fully saturated rings. The highest BCUT2D eigenvalue weighted by molar-refractivity contribution is 14.1. The van der Waals surface area contributed by atoms with Crippen molar-refractivity contribution in [2.45, 2.75) is 20.5 Å². The summed E-state index contributed by atoms with van der Waals surface area (Å²) in [4.78, 5) is 8.92. The quantitative estimate of drug-likeness (QED) is 0.695. The minimum atomic E-state index is 0.413. The zero-order valence-corrected chi connectivity index (χ0v) is 14.3. The third-order valence-electron chi connectivity index (χ3n) is 2.66. The van der Waals surface area contributed by atoms with E-state index in [-0.39, 0.29) is 0 Å². The van der Waals surface area contributed by atoms with Gasteiger partial charge < -0.3 is 15.4 Å². The molecule has 0 radical (unpaired) electrons. The van der Waals surface area contributed by atoms with Crippen molar-refractivity contribution in [3.05, 3.63) is 39.7 Å². The normalized spacial score (nSPS) is 10.4. The van der Waals surface area contributed by atoms with Gasteiger partial charge in [0, 0.05) is 28.5 Å². The number of nitrogens with one attached hydrogen (secondary N) is 2. The summed E-state index contributed by atoms with van der Waals surface area (Å²) in [5.74, 6) is 2.23. The molecular formula is C15H19IN4O. The van der Waals surface area contributed by atoms with Crippen LogP contribution in [0.3, 0.4) is 0 Å². The van der Waals surface area contributed by atoms with E-state index >= 15 is 0 Å². The van der Waals surface area contributed by atoms with Crippen molar-refractivity contribution in [1.82, 2.24) is 9.97 Å². The molecule has 0 spiro atoms. The van der Waals surface area contributed by atoms with Crippen LogP contribution in [0.2, 0.25) is 0 Å². The zero-order chi connectivity index (χ0) is 15.1. The number of nitrogens with zero attached hydrogens (tertiary/aromatic N) is 2. The summed E-state index contributed by atoms with van der Waals surface area (Å²) >= 11 is 2.29. The summed E-state index contributed by atoms with van der Waals surface area (Å²) < 4.78 is 6.57. The smallest absolute Gasteiger partial charge is 0.158 e. The van der Waals surface area contributed by atoms with Crippen LogP contribution < -0.4 is 10.6 Å². The lowest BCUT2D eigenvalue weighted by Crippen LogP contribution is -2.07. The Morgan fingerprint density at radius 3 is 2.67 bits per heavy atom. The van der Waals surface area contributed by atoms with E-state index in [2.05, 4.69) is 55.3 Å². The summed E-state index contributed by atoms with van der Waals surface area (Å²) in [7, 11) is 0. The Hall–Kier alpha value is -1.41. The molecule has 0 amide bonds. The Balaban J connectivity index is 2.22. The van der Waals surface area contributed by atoms with Gasteiger partial charge in [0.05, 0.1) is 0 Å². The maximum atomic E-state index is 5.40. The van der Waals surface area contributed by atoms with Gasteiger partial charge in [0.25, 0.3) is 0 Å². The SMILES string of the molecule is CCNc1cc(Nc2cccc(I)c2)nc(COCC)n1. The second kappa shape index (κ2) is 8.14. The predicted molar refractivity (Wildman–Crippen MR) is 94.0 cm³/mol. The van der Waals surface area contributed by atoms with E-state index in [1.54, 1.807) is 0 Å². The largest absolute Gasteiger partial charge is 0.374 e. The van der Waals surface area contributed by atoms with Crippen LogP contribution in [0.1, 0.15) is 19.7 Å². The monoisotopic (exact) mass is 398 g/mol. The lowest BCUT2D eigenvalue weighted by molar-refractivity contribution is 0.128. The molecule has 0 saturated heterocycles. The van der Waals surface area contributed by atoms with Crippen LogP contribution in [0, 0.1) is 3.57 Å². The Morgan fingerprint density at radius 2 is 1.95 bits per heavy atom. The van der Waals surface area contributed by atoms with E-state index in [0.29, 0.717) is 19.0 Å². The van der Waals surface area contributed by atoms with Gasteiger partial charge in [0.1, 0.15) is 18.2 Å². The van der Waals surface area contributed by atoms with E-state index in [9.17, 15) is 0 Å². The topological polar surface area (TPSA) is 59.1 Å². The lowest BCUT2D eigenvalue weighted by atomic mass is 10.3. The fourth-order valence-corrected chi connectivity index (χ4v) is 2.35. The lowest BCUT2D eigenvalue weighted by Gasteiger charge is -2.11. The highest BCUT2D eigenvalue weighted by atomic mass is 127. The molecule has 0 saturated carbocycles. The molecule has 1 heterocycles. The van der Waals surface area contributed by atoms with Crippen molar-refractivity contribution in [2.24, 2.45) is 0 Å². The molecule has 0 aliphatic carbocycles. The van der Waals surface area contributed by atoms with Crippen molar-refractivity contribution < 1.29 is 4.74 Å². The minimum Gasteiger partial charge on any atom is -0.374 e. The highest BCUT2D eigenvalue weighted by Gasteiger charge is 2.05. The zero-order valence-electron chi connectivity index (χ0n) is 12.2. The standard InChI is InChI=1S/C15H19IN4O/c1-3-17-13-9-14(20-15(19-13)10-21-4-2)18-12-7-5-6-11(16)8-12/h5-9H,3-4,10H2,1-2H3,(H2,17,18,19,20). The van der Waals surface area contributed by atoms with Gasteiger partial charge >= 0.3 is 0 Å². The number of halogens is 1. The third-order valence-corrected chi connectivity index (χ3v) is 3.33. The summed E-state index contributed by atoms with van der Waals surface area (Å²) in [5, 5.41) is 6.52. The van der Waals surface area contributed by atoms with Crippen LogP contribution in [-0.4, -0.2) is 23.1 Å². The molecule has 5 nitrogen and oxygen atoms in total. The van der Waals surface area contributed by atoms with E-state index in [0.717, 1.165) is 23.9 Å². The van der Waals surface area contributed by atoms with E-state index in [4.69, 9.17) is 4.74 Å². The summed E-state index contributed by atoms with van der Waals surface area (Å²) in [6, 6.07) is 10.0. The number of aromatic nitrogens is 2. The molecule has 6 heteroatoms. The third kappa shape index (κ3) is 5.13. The predicted octanol–water partition coefficient (Wildman–Crippen LogP) is 3.79. The molecule has 2 N–H and O–H groups in total. The fraction of sp³-hybridized carbons (Fsp3) is 0.333. The number of benzene rings is 1. The van der Waals surface area contributed by atoms with Crippen LogP contribution in [0.25, 0.3) is 0 Å². The molecule has 112 valence electrons. The molecular weight excluding hydrogens is 379 g/mol. The maximum Gasteiger partial charge on any atom is 0.158 e. The molecule has 2 rings (SSSR count). The van der Waals surface area contributed by atoms with Crippen LogP contribution in [0.4, 0.5) is 17.3 Å². The maximum absolute atomic E-state index is 5.40. The number of hydrogen-bond acceptors (Lipinski definition) is 5. The van der Waals surface area contributed by atoms with Crippen LogP contribution in [0.15, 0.2) is 30.3 Å². The molecule has 2 aromatic rings. The van der Waals surface area contributed by atoms with E-state index in [1.165, 1.54) is 3.57 Å². The first kappa shape index (κ1) is 16.0. The van der Waals surface area contributed by atoms with Crippen LogP contribution in [0.5, 0.6) is 0 Å². The van der Waals surface area contributed by atoms with Gasteiger partial charge in [0.15, 0.2) is 5.82 Å². The minimum absolute atomic E-state index is 0.413. The summed E-state index contributed by atoms with van der Waals surface area (Å²) in [6.07, 6.45) is 0. The van der Waals surface area contributed by atoms with Gasteiger partial charge in [-0.15, -0.1) is 0 Å². The highest BCUT2D eigenvalue weighted by Crippen LogP contribution is 2.19. The summed E-state index contributed by atoms with van der Waals surface area (Å²) in [6.45, 7) is 5.87. The van der Waals surface area contributed by atoms with Crippen LogP contribution in [-0.2, 0) is 11.3 Å². The van der Waals surface area contributed by atoms with Crippen molar-refractivity contribution in [3.8, 4) is 0 Å². The summed E-state index contributed by atoms with van der Waals surface area (Å²) in [5.41, 5.74) is 1.01. The number of ether oxygens (including phenoxy) is 1. The van der Waals surface area contributed by atoms with Gasteiger partial charge in [-0.3, -0.25) is 0 Å². The average Bonchev–Trinajstić information content (AvgIpc) is 2.45. The van der Waals surface area contributed by atoms with Crippen molar-refractivity contribution >= 4 is 39.9 Å². The van der Waals surface area contributed by atoms with Gasteiger partial charge in [-0.1, -0.05) is 6.07 Å². The van der Waals surface area contributed by atoms with Gasteiger partial charge in [-0.2, -0.15) is 0 Å². The molecule has 0 bridgehead atoms. The van der Waals surface area contributed by atoms with Crippen LogP contribution >= 0.6 is 22.6 Å². The molecule has 0 aliphatic heterocycles. The van der Waals surface area contributed by atoms with Crippen molar-refractivity contribution in [3.63, 3.8) is 0 Å². The number of hydrogen-bond donors (Lipinski definition) is 2. The second-order valence-electron chi connectivity index (χ2n) is 4.36. The number of rotatable bonds is 7. The Morgan fingerprint density at radius 1 is 1.14 bits per heavy atom. The van der Waals surface area contributed by atoms with Gasteiger partial charge in [-0.05, 0) is 54.6 Å². The fourth-order valence-electron chi connectivity index (χ4n) is 1.80. The second-order valence-corrected chi connectivity index (χ2v) is 5.60. The first-order chi connectivity index (χ1) is 10.2. The molecule has 0 aliphatic rings. The molecule has 1 aromatic carbocycles. The van der Waals surface area contributed by atoms with E-state index < -0.39 is 0 Å². The molecule has 21 heavy (non-hydrogen) atoms. The van der Waals surface area contributed by atoms with Gasteiger partial charge in [0.2, 0.25) is 0 Å². The first-order valence-electron chi connectivity index (χ1n) is 6.93. The van der Waals surface area contributed by atoms with Crippen molar-refractivity contribution in [2.75, 3.05) is 23.8 Å². The number of anilines is 3. The van der Waals surface area contributed by atoms with Crippen molar-refractivity contribution in [1.29, 1.82) is 0 Å². The van der Waals surface area contributed by atoms with E-state index in [1.807, 2.05) is 32.0 Å².